The first-order chi connectivity index (χ1) is 9.72. The molecule has 1 aliphatic rings. The summed E-state index contributed by atoms with van der Waals surface area (Å²) in [6.07, 6.45) is 1.97. The largest absolute Gasteiger partial charge is 0.457 e. The molecule has 0 atom stereocenters. The minimum Gasteiger partial charge on any atom is -0.457 e. The maximum Gasteiger partial charge on any atom is 0.130 e. The standard InChI is InChI=1S/C17H20N2O/c1-19-10-8-13-4-2-3-5-16(13)20-17-7-6-15(18)12-14(17)9-11-19/h2-7,12H,8-11,18H2,1H3. The van der Waals surface area contributed by atoms with Crippen molar-refractivity contribution in [3.05, 3.63) is 53.6 Å². The molecule has 0 fully saturated rings. The summed E-state index contributed by atoms with van der Waals surface area (Å²) in [5, 5.41) is 0. The molecule has 104 valence electrons. The Kier molecular flexibility index (Phi) is 3.61. The molecule has 0 saturated heterocycles. The van der Waals surface area contributed by atoms with Crippen molar-refractivity contribution in [3.63, 3.8) is 0 Å². The van der Waals surface area contributed by atoms with Crippen LogP contribution in [0.4, 0.5) is 5.69 Å². The number of nitrogens with zero attached hydrogens (tertiary/aromatic N) is 1. The number of hydrogen-bond acceptors (Lipinski definition) is 3. The molecule has 0 radical (unpaired) electrons. The summed E-state index contributed by atoms with van der Waals surface area (Å²) >= 11 is 0. The molecule has 0 saturated carbocycles. The lowest BCUT2D eigenvalue weighted by Gasteiger charge is -2.22. The summed E-state index contributed by atoms with van der Waals surface area (Å²) in [5.41, 5.74) is 9.12. The number of ether oxygens (including phenoxy) is 1. The van der Waals surface area contributed by atoms with Gasteiger partial charge in [-0.3, -0.25) is 0 Å². The zero-order chi connectivity index (χ0) is 13.9. The van der Waals surface area contributed by atoms with Crippen molar-refractivity contribution in [3.8, 4) is 11.5 Å². The van der Waals surface area contributed by atoms with E-state index in [4.69, 9.17) is 10.5 Å². The first kappa shape index (κ1) is 13.0. The van der Waals surface area contributed by atoms with Gasteiger partial charge >= 0.3 is 0 Å². The fourth-order valence-electron chi connectivity index (χ4n) is 2.56. The molecule has 2 N–H and O–H groups in total. The van der Waals surface area contributed by atoms with Gasteiger partial charge in [-0.2, -0.15) is 0 Å². The lowest BCUT2D eigenvalue weighted by atomic mass is 10.1. The number of fused-ring (bicyclic) bond motifs is 2. The number of nitrogens with two attached hydrogens (primary N) is 1. The second kappa shape index (κ2) is 5.55. The van der Waals surface area contributed by atoms with Gasteiger partial charge in [-0.05, 0) is 55.3 Å². The molecule has 2 aromatic carbocycles. The van der Waals surface area contributed by atoms with Gasteiger partial charge in [0.15, 0.2) is 0 Å². The van der Waals surface area contributed by atoms with Gasteiger partial charge in [0.05, 0.1) is 0 Å². The summed E-state index contributed by atoms with van der Waals surface area (Å²) in [6.45, 7) is 2.06. The number of hydrogen-bond donors (Lipinski definition) is 1. The minimum atomic E-state index is 0.792. The Balaban J connectivity index is 2.03. The van der Waals surface area contributed by atoms with Crippen LogP contribution in [0.3, 0.4) is 0 Å². The summed E-state index contributed by atoms with van der Waals surface area (Å²) < 4.78 is 6.13. The van der Waals surface area contributed by atoms with Crippen molar-refractivity contribution in [1.29, 1.82) is 0 Å². The van der Waals surface area contributed by atoms with Gasteiger partial charge in [0, 0.05) is 18.8 Å². The molecular formula is C17H20N2O. The predicted octanol–water partition coefficient (Wildman–Crippen LogP) is 3.09. The molecule has 0 aromatic heterocycles. The van der Waals surface area contributed by atoms with Gasteiger partial charge in [-0.25, -0.2) is 0 Å². The topological polar surface area (TPSA) is 38.5 Å². The van der Waals surface area contributed by atoms with Crippen LogP contribution in [0.15, 0.2) is 42.5 Å². The molecule has 3 nitrogen and oxygen atoms in total. The van der Waals surface area contributed by atoms with Crippen LogP contribution in [0.5, 0.6) is 11.5 Å². The number of para-hydroxylation sites is 1. The van der Waals surface area contributed by atoms with E-state index in [2.05, 4.69) is 24.1 Å². The van der Waals surface area contributed by atoms with Crippen LogP contribution >= 0.6 is 0 Å². The van der Waals surface area contributed by atoms with Crippen molar-refractivity contribution in [2.24, 2.45) is 0 Å². The number of nitrogen functional groups attached to an aromatic ring is 1. The predicted molar refractivity (Wildman–Crippen MR) is 82.3 cm³/mol. The molecule has 1 heterocycles. The van der Waals surface area contributed by atoms with E-state index in [0.717, 1.165) is 43.1 Å². The maximum absolute atomic E-state index is 6.13. The maximum atomic E-state index is 6.13. The van der Waals surface area contributed by atoms with Crippen molar-refractivity contribution in [2.45, 2.75) is 12.8 Å². The summed E-state index contributed by atoms with van der Waals surface area (Å²) in [6, 6.07) is 14.2. The Morgan fingerprint density at radius 2 is 1.65 bits per heavy atom. The molecule has 0 amide bonds. The molecule has 20 heavy (non-hydrogen) atoms. The zero-order valence-corrected chi connectivity index (χ0v) is 11.8. The minimum absolute atomic E-state index is 0.792. The highest BCUT2D eigenvalue weighted by molar-refractivity contribution is 5.50. The van der Waals surface area contributed by atoms with Crippen molar-refractivity contribution in [1.82, 2.24) is 4.90 Å². The van der Waals surface area contributed by atoms with E-state index in [1.807, 2.05) is 30.3 Å². The van der Waals surface area contributed by atoms with Crippen molar-refractivity contribution >= 4 is 5.69 Å². The third-order valence-electron chi connectivity index (χ3n) is 3.80. The molecule has 2 aromatic rings. The summed E-state index contributed by atoms with van der Waals surface area (Å²) in [5.74, 6) is 1.87. The first-order valence-electron chi connectivity index (χ1n) is 7.05. The Morgan fingerprint density at radius 3 is 2.50 bits per heavy atom. The van der Waals surface area contributed by atoms with Gasteiger partial charge < -0.3 is 15.4 Å². The van der Waals surface area contributed by atoms with Gasteiger partial charge in [-0.15, -0.1) is 0 Å². The molecule has 0 spiro atoms. The normalized spacial score (nSPS) is 15.8. The number of benzene rings is 2. The lowest BCUT2D eigenvalue weighted by Crippen LogP contribution is -2.24. The fourth-order valence-corrected chi connectivity index (χ4v) is 2.56. The highest BCUT2D eigenvalue weighted by Gasteiger charge is 2.12. The van der Waals surface area contributed by atoms with E-state index >= 15 is 0 Å². The third-order valence-corrected chi connectivity index (χ3v) is 3.80. The van der Waals surface area contributed by atoms with Gasteiger partial charge in [0.25, 0.3) is 0 Å². The Hall–Kier alpha value is -2.00. The molecule has 3 heteroatoms. The Bertz CT molecular complexity index is 610. The van der Waals surface area contributed by atoms with Crippen LogP contribution in [0.2, 0.25) is 0 Å². The van der Waals surface area contributed by atoms with Crippen LogP contribution in [0, 0.1) is 0 Å². The van der Waals surface area contributed by atoms with Gasteiger partial charge in [0.2, 0.25) is 0 Å². The Morgan fingerprint density at radius 1 is 0.950 bits per heavy atom. The molecule has 0 aliphatic carbocycles. The quantitative estimate of drug-likeness (QED) is 0.746. The van der Waals surface area contributed by atoms with Gasteiger partial charge in [0.1, 0.15) is 11.5 Å². The van der Waals surface area contributed by atoms with E-state index < -0.39 is 0 Å². The highest BCUT2D eigenvalue weighted by Crippen LogP contribution is 2.31. The van der Waals surface area contributed by atoms with E-state index in [-0.39, 0.29) is 0 Å². The molecule has 0 bridgehead atoms. The van der Waals surface area contributed by atoms with E-state index in [0.29, 0.717) is 0 Å². The fraction of sp³-hybridized carbons (Fsp3) is 0.294. The molecule has 0 unspecified atom stereocenters. The van der Waals surface area contributed by atoms with E-state index in [9.17, 15) is 0 Å². The number of rotatable bonds is 0. The second-order valence-corrected chi connectivity index (χ2v) is 5.38. The molecule has 1 aliphatic heterocycles. The lowest BCUT2D eigenvalue weighted by molar-refractivity contribution is 0.335. The van der Waals surface area contributed by atoms with E-state index in [1.165, 1.54) is 11.1 Å². The summed E-state index contributed by atoms with van der Waals surface area (Å²) in [7, 11) is 2.16. The monoisotopic (exact) mass is 268 g/mol. The smallest absolute Gasteiger partial charge is 0.130 e. The number of likely N-dealkylation sites (N-methyl/N-ethyl adjacent to an activating group) is 1. The van der Waals surface area contributed by atoms with E-state index in [1.54, 1.807) is 0 Å². The molecular weight excluding hydrogens is 248 g/mol. The van der Waals surface area contributed by atoms with Crippen LogP contribution in [0.1, 0.15) is 11.1 Å². The third kappa shape index (κ3) is 2.78. The van der Waals surface area contributed by atoms with Crippen molar-refractivity contribution < 1.29 is 4.74 Å². The average molecular weight is 268 g/mol. The number of anilines is 1. The SMILES string of the molecule is CN1CCc2ccccc2Oc2ccc(N)cc2CC1. The van der Waals surface area contributed by atoms with Crippen LogP contribution in [0.25, 0.3) is 0 Å². The van der Waals surface area contributed by atoms with Crippen molar-refractivity contribution in [2.75, 3.05) is 25.9 Å². The second-order valence-electron chi connectivity index (χ2n) is 5.38. The van der Waals surface area contributed by atoms with Crippen LogP contribution in [-0.2, 0) is 12.8 Å². The van der Waals surface area contributed by atoms with Crippen LogP contribution < -0.4 is 10.5 Å². The van der Waals surface area contributed by atoms with Crippen LogP contribution in [-0.4, -0.2) is 25.0 Å². The highest BCUT2D eigenvalue weighted by atomic mass is 16.5. The molecule has 3 rings (SSSR count). The first-order valence-corrected chi connectivity index (χ1v) is 7.05. The Labute approximate surface area is 120 Å². The average Bonchev–Trinajstić information content (AvgIpc) is 2.46. The summed E-state index contributed by atoms with van der Waals surface area (Å²) in [4.78, 5) is 2.36. The zero-order valence-electron chi connectivity index (χ0n) is 11.8. The van der Waals surface area contributed by atoms with Gasteiger partial charge in [-0.1, -0.05) is 18.2 Å².